The van der Waals surface area contributed by atoms with E-state index < -0.39 is 0 Å². The van der Waals surface area contributed by atoms with Crippen LogP contribution in [0.3, 0.4) is 0 Å². The largest absolute Gasteiger partial charge is 0.357 e. The summed E-state index contributed by atoms with van der Waals surface area (Å²) in [5.74, 6) is 0. The lowest BCUT2D eigenvalue weighted by atomic mass is 9.57. The van der Waals surface area contributed by atoms with Gasteiger partial charge in [-0.05, 0) is 58.9 Å². The van der Waals surface area contributed by atoms with E-state index in [-0.39, 0.29) is 16.4 Å². The quantitative estimate of drug-likeness (QED) is 0.197. The molecular weight excluding hydrogens is 531 g/mol. The van der Waals surface area contributed by atoms with Crippen LogP contribution < -0.4 is 15.8 Å². The van der Waals surface area contributed by atoms with Crippen LogP contribution in [0.25, 0.3) is 43.9 Å². The monoisotopic (exact) mass is 567 g/mol. The minimum atomic E-state index is -0.0674. The van der Waals surface area contributed by atoms with Crippen LogP contribution in [0.15, 0.2) is 91.0 Å². The van der Waals surface area contributed by atoms with Crippen molar-refractivity contribution in [1.29, 1.82) is 0 Å². The Balaban J connectivity index is 1.30. The molecule has 1 N–H and O–H groups in total. The maximum Gasteiger partial charge on any atom is 0.197 e. The number of nitrogens with zero attached hydrogens (tertiary/aromatic N) is 1. The van der Waals surface area contributed by atoms with Gasteiger partial charge in [0.15, 0.2) is 7.28 Å². The van der Waals surface area contributed by atoms with E-state index in [1.807, 2.05) is 0 Å². The number of aromatic nitrogens is 1. The van der Waals surface area contributed by atoms with E-state index in [2.05, 4.69) is 136 Å². The van der Waals surface area contributed by atoms with Gasteiger partial charge in [-0.25, -0.2) is 0 Å². The lowest BCUT2D eigenvalue weighted by Crippen LogP contribution is -2.57. The van der Waals surface area contributed by atoms with Crippen molar-refractivity contribution in [3.8, 4) is 22.3 Å². The molecule has 213 valence electrons. The van der Waals surface area contributed by atoms with Crippen LogP contribution in [0.4, 0.5) is 11.4 Å². The third kappa shape index (κ3) is 2.77. The van der Waals surface area contributed by atoms with E-state index in [1.54, 1.807) is 0 Å². The van der Waals surface area contributed by atoms with Gasteiger partial charge in [-0.1, -0.05) is 124 Å². The highest BCUT2D eigenvalue weighted by Gasteiger charge is 2.59. The molecule has 0 bridgehead atoms. The molecule has 0 saturated heterocycles. The number of hydrogen-bond acceptors (Lipinski definition) is 1. The van der Waals surface area contributed by atoms with Crippen molar-refractivity contribution in [1.82, 2.24) is 4.98 Å². The van der Waals surface area contributed by atoms with Gasteiger partial charge in [-0.2, -0.15) is 0 Å². The molecule has 0 spiro atoms. The fraction of sp³-hybridized carbons (Fsp3) is 0.268. The van der Waals surface area contributed by atoms with E-state index in [0.29, 0.717) is 0 Å². The van der Waals surface area contributed by atoms with E-state index in [4.69, 9.17) is 0 Å². The van der Waals surface area contributed by atoms with Crippen molar-refractivity contribution in [3.63, 3.8) is 0 Å². The van der Waals surface area contributed by atoms with Gasteiger partial charge in [-0.3, -0.25) is 0 Å². The molecule has 10 rings (SSSR count). The Labute approximate surface area is 260 Å². The van der Waals surface area contributed by atoms with Crippen LogP contribution in [0, 0.1) is 0 Å². The molecule has 2 nitrogen and oxygen atoms in total. The number of benzene rings is 5. The molecule has 2 atom stereocenters. The Morgan fingerprint density at radius 2 is 1.41 bits per heavy atom. The summed E-state index contributed by atoms with van der Waals surface area (Å²) in [6.07, 6.45) is 5.05. The molecule has 3 heteroatoms. The normalized spacial score (nSPS) is 23.6. The first kappa shape index (κ1) is 25.1. The minimum absolute atomic E-state index is 0.0292. The number of anilines is 2. The summed E-state index contributed by atoms with van der Waals surface area (Å²) in [7, 11) is 2.51. The Kier molecular flexibility index (Phi) is 4.61. The van der Waals surface area contributed by atoms with Gasteiger partial charge in [0.2, 0.25) is 0 Å². The number of fused-ring (bicyclic) bond motifs is 12. The number of H-pyrrole nitrogens is 1. The summed E-state index contributed by atoms with van der Waals surface area (Å²) in [6.45, 7) is 9.83. The molecule has 1 fully saturated rings. The molecule has 2 aliphatic carbocycles. The highest BCUT2D eigenvalue weighted by molar-refractivity contribution is 6.74. The summed E-state index contributed by atoms with van der Waals surface area (Å²) in [6, 6.07) is 34.5. The third-order valence-electron chi connectivity index (χ3n) is 12.4. The van der Waals surface area contributed by atoms with Crippen molar-refractivity contribution < 1.29 is 0 Å². The predicted molar refractivity (Wildman–Crippen MR) is 187 cm³/mol. The van der Waals surface area contributed by atoms with Crippen molar-refractivity contribution in [2.75, 3.05) is 4.90 Å². The van der Waals surface area contributed by atoms with Crippen molar-refractivity contribution in [3.05, 3.63) is 108 Å². The maximum atomic E-state index is 4.02. The Morgan fingerprint density at radius 1 is 0.682 bits per heavy atom. The van der Waals surface area contributed by atoms with Crippen molar-refractivity contribution in [2.24, 2.45) is 0 Å². The van der Waals surface area contributed by atoms with Gasteiger partial charge in [0.1, 0.15) is 0 Å². The number of nitrogens with one attached hydrogen (secondary N) is 1. The number of aromatic amines is 1. The van der Waals surface area contributed by atoms with E-state index >= 15 is 0 Å². The standard InChI is InChI=1S/C41H36BN2/c1-39(2)30-18-8-7-15-27(30)33-28-17-11-16-26(35(28)43-38(33)39)29-23-24-13-5-6-14-25(24)36-34(29)42-32-20-12-19-31-37(32)44(36)41(4)22-10-9-21-40(31,41)3/h5-8,11-20,23,43H,9-10,21-22H2,1-4H3. The first-order valence-corrected chi connectivity index (χ1v) is 16.4. The smallest absolute Gasteiger partial charge is 0.197 e. The van der Waals surface area contributed by atoms with Gasteiger partial charge in [0, 0.05) is 49.8 Å². The molecule has 0 amide bonds. The highest BCUT2D eigenvalue weighted by atomic mass is 15.3. The Morgan fingerprint density at radius 3 is 2.32 bits per heavy atom. The highest BCUT2D eigenvalue weighted by Crippen LogP contribution is 2.61. The molecule has 3 heterocycles. The zero-order valence-corrected chi connectivity index (χ0v) is 26.0. The summed E-state index contributed by atoms with van der Waals surface area (Å²) in [4.78, 5) is 6.83. The van der Waals surface area contributed by atoms with Crippen LogP contribution >= 0.6 is 0 Å². The lowest BCUT2D eigenvalue weighted by molar-refractivity contribution is 0.195. The molecular formula is C41H36BN2. The molecule has 4 aliphatic rings. The van der Waals surface area contributed by atoms with Gasteiger partial charge in [0.05, 0.1) is 11.1 Å². The molecule has 6 aromatic rings. The van der Waals surface area contributed by atoms with Gasteiger partial charge in [0.25, 0.3) is 0 Å². The lowest BCUT2D eigenvalue weighted by Gasteiger charge is -2.51. The topological polar surface area (TPSA) is 19.0 Å². The summed E-state index contributed by atoms with van der Waals surface area (Å²) in [5.41, 5.74) is 16.5. The minimum Gasteiger partial charge on any atom is -0.357 e. The second-order valence-corrected chi connectivity index (χ2v) is 14.7. The third-order valence-corrected chi connectivity index (χ3v) is 12.4. The summed E-state index contributed by atoms with van der Waals surface area (Å²) in [5, 5.41) is 3.99. The molecule has 2 aliphatic heterocycles. The molecule has 1 saturated carbocycles. The molecule has 5 aromatic carbocycles. The number of rotatable bonds is 1. The molecule has 1 radical (unpaired) electrons. The van der Waals surface area contributed by atoms with Gasteiger partial charge in [-0.15, -0.1) is 0 Å². The van der Waals surface area contributed by atoms with E-state index in [1.165, 1.54) is 109 Å². The summed E-state index contributed by atoms with van der Waals surface area (Å²) >= 11 is 0. The van der Waals surface area contributed by atoms with Crippen LogP contribution in [0.5, 0.6) is 0 Å². The molecule has 1 aromatic heterocycles. The average molecular weight is 568 g/mol. The second-order valence-electron chi connectivity index (χ2n) is 14.7. The van der Waals surface area contributed by atoms with Crippen molar-refractivity contribution >= 4 is 51.3 Å². The number of hydrogen-bond donors (Lipinski definition) is 1. The zero-order valence-electron chi connectivity index (χ0n) is 26.0. The van der Waals surface area contributed by atoms with Crippen LogP contribution in [0.1, 0.15) is 70.2 Å². The van der Waals surface area contributed by atoms with Crippen LogP contribution in [-0.4, -0.2) is 17.8 Å². The van der Waals surface area contributed by atoms with E-state index in [9.17, 15) is 0 Å². The van der Waals surface area contributed by atoms with Gasteiger partial charge < -0.3 is 9.88 Å². The zero-order chi connectivity index (χ0) is 29.6. The fourth-order valence-corrected chi connectivity index (χ4v) is 9.94. The van der Waals surface area contributed by atoms with Crippen LogP contribution in [-0.2, 0) is 10.8 Å². The Bertz CT molecular complexity index is 2240. The SMILES string of the molecule is CC1(C)c2ccccc2-c2c1[nH]c1c(-c3cc4ccccc4c4c3[B]c3cccc5c3N4C3(C)CCCCC53C)cccc21. The second kappa shape index (κ2) is 8.07. The molecule has 2 unspecified atom stereocenters. The van der Waals surface area contributed by atoms with E-state index in [0.717, 1.165) is 0 Å². The maximum absolute atomic E-state index is 4.02. The molecule has 44 heavy (non-hydrogen) atoms. The fourth-order valence-electron chi connectivity index (χ4n) is 9.94. The van der Waals surface area contributed by atoms with Gasteiger partial charge >= 0.3 is 0 Å². The van der Waals surface area contributed by atoms with Crippen LogP contribution in [0.2, 0.25) is 0 Å². The predicted octanol–water partition coefficient (Wildman–Crippen LogP) is 9.00. The first-order valence-electron chi connectivity index (χ1n) is 16.4. The average Bonchev–Trinajstić information content (AvgIpc) is 3.61. The summed E-state index contributed by atoms with van der Waals surface area (Å²) < 4.78 is 0. The first-order chi connectivity index (χ1) is 21.3. The number of para-hydroxylation sites is 2. The Hall–Kier alpha value is -4.24. The van der Waals surface area contributed by atoms with Crippen molar-refractivity contribution in [2.45, 2.75) is 69.7 Å².